The van der Waals surface area contributed by atoms with E-state index in [0.29, 0.717) is 0 Å². The van der Waals surface area contributed by atoms with Gasteiger partial charge in [0.05, 0.1) is 23.7 Å². The molecule has 0 spiro atoms. The van der Waals surface area contributed by atoms with Crippen molar-refractivity contribution in [2.45, 2.75) is 51.4 Å². The summed E-state index contributed by atoms with van der Waals surface area (Å²) in [7, 11) is 9.67. The molecule has 0 atom stereocenters. The second-order valence-electron chi connectivity index (χ2n) is 9.18. The Balaban J connectivity index is 0.000000477. The molecule has 231 valence electrons. The van der Waals surface area contributed by atoms with Crippen molar-refractivity contribution >= 4 is 43.3 Å². The summed E-state index contributed by atoms with van der Waals surface area (Å²) < 4.78 is 0. The van der Waals surface area contributed by atoms with Crippen molar-refractivity contribution in [3.8, 4) is 0 Å². The molecule has 0 radical (unpaired) electrons. The third kappa shape index (κ3) is 20.5. The van der Waals surface area contributed by atoms with Crippen molar-refractivity contribution < 1.29 is 54.7 Å². The molecule has 4 aliphatic heterocycles. The summed E-state index contributed by atoms with van der Waals surface area (Å²) >= 11 is -0.226. The zero-order valence-electron chi connectivity index (χ0n) is 21.9. The van der Waals surface area contributed by atoms with Crippen LogP contribution in [0, 0.1) is 23.7 Å². The summed E-state index contributed by atoms with van der Waals surface area (Å²) in [5.74, 6) is -3.14. The van der Waals surface area contributed by atoms with Crippen molar-refractivity contribution in [1.82, 2.24) is 0 Å². The van der Waals surface area contributed by atoms with E-state index in [0.717, 1.165) is 104 Å². The Labute approximate surface area is 246 Å². The van der Waals surface area contributed by atoms with Crippen molar-refractivity contribution in [3.63, 3.8) is 0 Å². The minimum absolute atomic E-state index is 0.123. The van der Waals surface area contributed by atoms with Gasteiger partial charge in [0.15, 0.2) is 0 Å². The van der Waals surface area contributed by atoms with Gasteiger partial charge in [0.25, 0.3) is 0 Å². The third-order valence-corrected chi connectivity index (χ3v) is 6.48. The molecule has 4 rings (SSSR count). The summed E-state index contributed by atoms with van der Waals surface area (Å²) in [6, 6.07) is 0. The number of carbonyl (C=O) groups is 4. The molecule has 12 nitrogen and oxygen atoms in total. The number of aliphatic carboxylic acids is 4. The van der Waals surface area contributed by atoms with Gasteiger partial charge in [-0.15, -0.1) is 52.4 Å². The Morgan fingerprint density at radius 1 is 0.436 bits per heavy atom. The number of halogens is 2. The van der Waals surface area contributed by atoms with E-state index in [1.807, 2.05) is 0 Å². The van der Waals surface area contributed by atoms with Gasteiger partial charge in [0, 0.05) is 0 Å². The first kappa shape index (κ1) is 37.9. The molecule has 0 bridgehead atoms. The molecule has 0 amide bonds. The van der Waals surface area contributed by atoms with Crippen LogP contribution < -0.4 is 0 Å². The SMILES string of the molecule is O=C(O)C1CC[N-]CC1.O=C(O)C1CC[N-]CC1.O=C(O)C1CC[N-]CC1.O=C(O)C1CC[N-]CC1.[Cl][Rh][Cl]. The molecule has 4 fully saturated rings. The van der Waals surface area contributed by atoms with E-state index in [-0.39, 0.29) is 38.8 Å². The fourth-order valence-electron chi connectivity index (χ4n) is 3.99. The molecule has 4 heterocycles. The molecule has 4 N–H and O–H groups in total. The van der Waals surface area contributed by atoms with E-state index in [1.165, 1.54) is 0 Å². The molecule has 4 saturated heterocycles. The van der Waals surface area contributed by atoms with Gasteiger partial charge in [-0.05, 0) is 0 Å². The summed E-state index contributed by atoms with van der Waals surface area (Å²) in [5, 5.41) is 50.2. The molecule has 0 aliphatic carbocycles. The number of piperidine rings is 4. The van der Waals surface area contributed by atoms with E-state index in [1.54, 1.807) is 0 Å². The normalized spacial score (nSPS) is 20.7. The van der Waals surface area contributed by atoms with Gasteiger partial charge in [0.2, 0.25) is 0 Å². The molecule has 0 aromatic carbocycles. The van der Waals surface area contributed by atoms with Crippen molar-refractivity contribution in [2.24, 2.45) is 23.7 Å². The Morgan fingerprint density at radius 3 is 0.641 bits per heavy atom. The Bertz CT molecular complexity index is 575. The summed E-state index contributed by atoms with van der Waals surface area (Å²) in [6.07, 6.45) is 5.85. The first-order chi connectivity index (χ1) is 18.6. The summed E-state index contributed by atoms with van der Waals surface area (Å²) in [4.78, 5) is 41.3. The average molecular weight is 686 g/mol. The maximum atomic E-state index is 10.3. The van der Waals surface area contributed by atoms with Crippen LogP contribution in [0.25, 0.3) is 21.3 Å². The zero-order valence-corrected chi connectivity index (χ0v) is 25.1. The van der Waals surface area contributed by atoms with E-state index in [4.69, 9.17) is 39.8 Å². The van der Waals surface area contributed by atoms with Crippen LogP contribution in [0.15, 0.2) is 0 Å². The fourth-order valence-corrected chi connectivity index (χ4v) is 3.99. The standard InChI is InChI=1S/4C6H10NO2.2ClH.Rh/c4*8-6(9)5-1-3-7-4-2-5;;;/h4*5H,1-4H2,(H,8,9);2*1H;/q4*-1;;;+2/p-2. The average Bonchev–Trinajstić information content (AvgIpc) is 2.96. The van der Waals surface area contributed by atoms with Gasteiger partial charge in [-0.25, -0.2) is 0 Å². The number of hydrogen-bond donors (Lipinski definition) is 4. The monoisotopic (exact) mass is 685 g/mol. The van der Waals surface area contributed by atoms with Crippen LogP contribution in [0.5, 0.6) is 0 Å². The predicted octanol–water partition coefficient (Wildman–Crippen LogP) is 4.80. The molecular formula is C24H40Cl2N4O8Rh-4. The van der Waals surface area contributed by atoms with Gasteiger partial charge < -0.3 is 41.7 Å². The molecule has 0 saturated carbocycles. The van der Waals surface area contributed by atoms with Crippen molar-refractivity contribution in [1.29, 1.82) is 0 Å². The number of rotatable bonds is 4. The molecule has 0 unspecified atom stereocenters. The van der Waals surface area contributed by atoms with Gasteiger partial charge >= 0.3 is 58.4 Å². The number of carboxylic acid groups (broad SMARTS) is 4. The van der Waals surface area contributed by atoms with E-state index >= 15 is 0 Å². The Hall–Kier alpha value is -1.08. The van der Waals surface area contributed by atoms with Gasteiger partial charge in [0.1, 0.15) is 0 Å². The maximum absolute atomic E-state index is 10.3. The van der Waals surface area contributed by atoms with Crippen molar-refractivity contribution in [2.75, 3.05) is 52.4 Å². The number of carboxylic acids is 4. The molecule has 15 heteroatoms. The second kappa shape index (κ2) is 24.7. The molecule has 4 aliphatic rings. The quantitative estimate of drug-likeness (QED) is 0.302. The van der Waals surface area contributed by atoms with Gasteiger partial charge in [-0.2, -0.15) is 0 Å². The van der Waals surface area contributed by atoms with Crippen LogP contribution >= 0.6 is 19.4 Å². The zero-order chi connectivity index (χ0) is 29.5. The van der Waals surface area contributed by atoms with Crippen LogP contribution in [0.3, 0.4) is 0 Å². The fraction of sp³-hybridized carbons (Fsp3) is 0.833. The van der Waals surface area contributed by atoms with Gasteiger partial charge in [-0.3, -0.25) is 19.2 Å². The summed E-state index contributed by atoms with van der Waals surface area (Å²) in [6.45, 7) is 5.86. The van der Waals surface area contributed by atoms with Crippen LogP contribution in [-0.2, 0) is 34.3 Å². The molecule has 0 aromatic heterocycles. The van der Waals surface area contributed by atoms with Crippen LogP contribution in [0.4, 0.5) is 0 Å². The molecule has 0 aromatic rings. The van der Waals surface area contributed by atoms with E-state index in [2.05, 4.69) is 21.3 Å². The predicted molar refractivity (Wildman–Crippen MR) is 146 cm³/mol. The molecule has 39 heavy (non-hydrogen) atoms. The van der Waals surface area contributed by atoms with Crippen LogP contribution in [-0.4, -0.2) is 96.7 Å². The second-order valence-corrected chi connectivity index (χ2v) is 11.7. The third-order valence-electron chi connectivity index (χ3n) is 6.48. The first-order valence-electron chi connectivity index (χ1n) is 12.9. The molecular weight excluding hydrogens is 646 g/mol. The van der Waals surface area contributed by atoms with Crippen LogP contribution in [0.1, 0.15) is 51.4 Å². The van der Waals surface area contributed by atoms with Crippen LogP contribution in [0.2, 0.25) is 0 Å². The Morgan fingerprint density at radius 2 is 0.564 bits per heavy atom. The Kier molecular flexibility index (Phi) is 24.0. The first-order valence-corrected chi connectivity index (χ1v) is 17.1. The van der Waals surface area contributed by atoms with Gasteiger partial charge in [-0.1, -0.05) is 51.4 Å². The van der Waals surface area contributed by atoms with E-state index in [9.17, 15) is 19.2 Å². The van der Waals surface area contributed by atoms with E-state index < -0.39 is 23.9 Å². The van der Waals surface area contributed by atoms with Crippen molar-refractivity contribution in [3.05, 3.63) is 21.3 Å². The summed E-state index contributed by atoms with van der Waals surface area (Å²) in [5.41, 5.74) is 0. The topological polar surface area (TPSA) is 206 Å². The number of hydrogen-bond acceptors (Lipinski definition) is 4. The number of nitrogens with zero attached hydrogens (tertiary/aromatic N) is 4. The minimum atomic E-state index is -0.662.